The Labute approximate surface area is 107 Å². The van der Waals surface area contributed by atoms with Gasteiger partial charge in [0, 0.05) is 6.04 Å². The molecule has 0 saturated heterocycles. The number of amides is 1. The normalized spacial score (nSPS) is 43.8. The van der Waals surface area contributed by atoms with Crippen LogP contribution in [0.25, 0.3) is 0 Å². The number of carboxylic acid groups (broad SMARTS) is 1. The van der Waals surface area contributed by atoms with Gasteiger partial charge in [0.25, 0.3) is 0 Å². The second-order valence-electron chi connectivity index (χ2n) is 6.90. The van der Waals surface area contributed by atoms with Crippen molar-refractivity contribution in [3.8, 4) is 0 Å². The zero-order valence-corrected chi connectivity index (χ0v) is 11.0. The lowest BCUT2D eigenvalue weighted by Crippen LogP contribution is -2.40. The summed E-state index contributed by atoms with van der Waals surface area (Å²) >= 11 is 0. The van der Waals surface area contributed by atoms with Gasteiger partial charge in [-0.2, -0.15) is 0 Å². The molecule has 1 amide bonds. The summed E-state index contributed by atoms with van der Waals surface area (Å²) in [4.78, 5) is 23.3. The Kier molecular flexibility index (Phi) is 2.48. The zero-order valence-electron chi connectivity index (χ0n) is 11.0. The van der Waals surface area contributed by atoms with Crippen LogP contribution >= 0.6 is 0 Å². The van der Waals surface area contributed by atoms with E-state index >= 15 is 0 Å². The number of carbonyl (C=O) groups excluding carboxylic acids is 1. The number of fused-ring (bicyclic) bond motifs is 2. The van der Waals surface area contributed by atoms with Crippen molar-refractivity contribution in [1.29, 1.82) is 0 Å². The zero-order chi connectivity index (χ0) is 13.1. The summed E-state index contributed by atoms with van der Waals surface area (Å²) in [6, 6.07) is 0.307. The van der Waals surface area contributed by atoms with Crippen LogP contribution in [0.1, 0.15) is 39.5 Å². The van der Waals surface area contributed by atoms with Crippen molar-refractivity contribution in [2.24, 2.45) is 29.1 Å². The van der Waals surface area contributed by atoms with E-state index in [1.54, 1.807) is 0 Å². The van der Waals surface area contributed by atoms with Crippen molar-refractivity contribution in [2.45, 2.75) is 45.6 Å². The van der Waals surface area contributed by atoms with Gasteiger partial charge in [-0.05, 0) is 36.5 Å². The average molecular weight is 251 g/mol. The lowest BCUT2D eigenvalue weighted by Gasteiger charge is -2.23. The van der Waals surface area contributed by atoms with Crippen LogP contribution in [0.15, 0.2) is 0 Å². The van der Waals surface area contributed by atoms with E-state index in [1.807, 2.05) is 13.8 Å². The Balaban J connectivity index is 1.61. The van der Waals surface area contributed by atoms with Gasteiger partial charge in [-0.1, -0.05) is 20.3 Å². The van der Waals surface area contributed by atoms with E-state index in [2.05, 4.69) is 5.32 Å². The highest BCUT2D eigenvalue weighted by Crippen LogP contribution is 2.58. The van der Waals surface area contributed by atoms with Gasteiger partial charge in [0.05, 0.1) is 11.8 Å². The molecule has 18 heavy (non-hydrogen) atoms. The van der Waals surface area contributed by atoms with Crippen molar-refractivity contribution >= 4 is 11.9 Å². The van der Waals surface area contributed by atoms with Gasteiger partial charge >= 0.3 is 5.97 Å². The van der Waals surface area contributed by atoms with E-state index < -0.39 is 11.9 Å². The summed E-state index contributed by atoms with van der Waals surface area (Å²) in [5.41, 5.74) is -0.381. The van der Waals surface area contributed by atoms with Gasteiger partial charge in [-0.3, -0.25) is 9.59 Å². The molecule has 0 aromatic rings. The highest BCUT2D eigenvalue weighted by atomic mass is 16.4. The fourth-order valence-corrected chi connectivity index (χ4v) is 4.28. The van der Waals surface area contributed by atoms with Crippen LogP contribution in [0.5, 0.6) is 0 Å². The summed E-state index contributed by atoms with van der Waals surface area (Å²) < 4.78 is 0. The Morgan fingerprint density at radius 2 is 1.89 bits per heavy atom. The van der Waals surface area contributed by atoms with Crippen molar-refractivity contribution in [1.82, 2.24) is 5.32 Å². The molecule has 3 unspecified atom stereocenters. The monoisotopic (exact) mass is 251 g/mol. The fourth-order valence-electron chi connectivity index (χ4n) is 4.28. The maximum Gasteiger partial charge on any atom is 0.307 e. The SMILES string of the molecule is CC1(C)[C@H](C(=O)O)[C@@H]1C(=O)NC1CC2CCC1C2. The minimum absolute atomic E-state index is 0.0371. The third kappa shape index (κ3) is 1.65. The standard InChI is InChI=1S/C14H21NO3/c1-14(2)10(11(14)13(17)18)12(16)15-9-6-7-3-4-8(9)5-7/h7-11H,3-6H2,1-2H3,(H,15,16)(H,17,18)/t7?,8?,9?,10-,11+/m1/s1. The number of rotatable bonds is 3. The van der Waals surface area contributed by atoms with Crippen LogP contribution in [0.2, 0.25) is 0 Å². The lowest BCUT2D eigenvalue weighted by atomic mass is 9.95. The number of carbonyl (C=O) groups is 2. The Hall–Kier alpha value is -1.06. The summed E-state index contributed by atoms with van der Waals surface area (Å²) in [6.45, 7) is 3.74. The molecule has 3 aliphatic rings. The molecule has 0 heterocycles. The highest BCUT2D eigenvalue weighted by molar-refractivity contribution is 5.91. The van der Waals surface area contributed by atoms with Gasteiger partial charge < -0.3 is 10.4 Å². The Bertz CT molecular complexity index is 404. The first-order valence-electron chi connectivity index (χ1n) is 6.94. The van der Waals surface area contributed by atoms with Crippen LogP contribution in [0, 0.1) is 29.1 Å². The van der Waals surface area contributed by atoms with E-state index in [9.17, 15) is 9.59 Å². The van der Waals surface area contributed by atoms with Crippen molar-refractivity contribution in [2.75, 3.05) is 0 Å². The van der Waals surface area contributed by atoms with Crippen LogP contribution in [0.3, 0.4) is 0 Å². The first kappa shape index (κ1) is 12.0. The molecule has 4 nitrogen and oxygen atoms in total. The summed E-state index contributed by atoms with van der Waals surface area (Å²) in [7, 11) is 0. The second-order valence-corrected chi connectivity index (χ2v) is 6.90. The molecule has 5 atom stereocenters. The molecule has 3 aliphatic carbocycles. The number of aliphatic carboxylic acids is 1. The Morgan fingerprint density at radius 1 is 1.17 bits per heavy atom. The van der Waals surface area contributed by atoms with E-state index in [-0.39, 0.29) is 17.2 Å². The minimum atomic E-state index is -0.840. The Morgan fingerprint density at radius 3 is 2.33 bits per heavy atom. The smallest absolute Gasteiger partial charge is 0.307 e. The second kappa shape index (κ2) is 3.72. The number of nitrogens with one attached hydrogen (secondary N) is 1. The largest absolute Gasteiger partial charge is 0.481 e. The van der Waals surface area contributed by atoms with Gasteiger partial charge in [-0.15, -0.1) is 0 Å². The van der Waals surface area contributed by atoms with Gasteiger partial charge in [0.1, 0.15) is 0 Å². The summed E-state index contributed by atoms with van der Waals surface area (Å²) in [5.74, 6) is -0.282. The predicted octanol–water partition coefficient (Wildman–Crippen LogP) is 1.65. The quantitative estimate of drug-likeness (QED) is 0.801. The van der Waals surface area contributed by atoms with E-state index in [0.717, 1.165) is 12.3 Å². The molecule has 2 bridgehead atoms. The fraction of sp³-hybridized carbons (Fsp3) is 0.857. The molecular formula is C14H21NO3. The molecule has 100 valence electrons. The molecule has 0 aliphatic heterocycles. The molecule has 2 N–H and O–H groups in total. The molecule has 0 aromatic heterocycles. The molecule has 3 rings (SSSR count). The number of carboxylic acids is 1. The van der Waals surface area contributed by atoms with Crippen molar-refractivity contribution in [3.63, 3.8) is 0 Å². The van der Waals surface area contributed by atoms with Crippen LogP contribution in [0.4, 0.5) is 0 Å². The van der Waals surface area contributed by atoms with Crippen LogP contribution in [-0.2, 0) is 9.59 Å². The number of hydrogen-bond acceptors (Lipinski definition) is 2. The van der Waals surface area contributed by atoms with Gasteiger partial charge in [0.2, 0.25) is 5.91 Å². The molecule has 3 saturated carbocycles. The third-order valence-corrected chi connectivity index (χ3v) is 5.44. The van der Waals surface area contributed by atoms with E-state index in [0.29, 0.717) is 12.0 Å². The summed E-state index contributed by atoms with van der Waals surface area (Å²) in [6.07, 6.45) is 4.89. The minimum Gasteiger partial charge on any atom is -0.481 e. The van der Waals surface area contributed by atoms with E-state index in [4.69, 9.17) is 5.11 Å². The lowest BCUT2D eigenvalue weighted by molar-refractivity contribution is -0.140. The van der Waals surface area contributed by atoms with E-state index in [1.165, 1.54) is 19.3 Å². The van der Waals surface area contributed by atoms with Crippen molar-refractivity contribution < 1.29 is 14.7 Å². The maximum atomic E-state index is 12.2. The van der Waals surface area contributed by atoms with Crippen molar-refractivity contribution in [3.05, 3.63) is 0 Å². The molecule has 0 aromatic carbocycles. The first-order chi connectivity index (χ1) is 8.41. The highest BCUT2D eigenvalue weighted by Gasteiger charge is 2.66. The van der Waals surface area contributed by atoms with Crippen LogP contribution in [-0.4, -0.2) is 23.0 Å². The number of hydrogen-bond donors (Lipinski definition) is 2. The molecule has 3 fully saturated rings. The summed E-state index contributed by atoms with van der Waals surface area (Å²) in [5, 5.41) is 12.2. The maximum absolute atomic E-state index is 12.2. The van der Waals surface area contributed by atoms with Gasteiger partial charge in [-0.25, -0.2) is 0 Å². The third-order valence-electron chi connectivity index (χ3n) is 5.44. The topological polar surface area (TPSA) is 66.4 Å². The average Bonchev–Trinajstić information content (AvgIpc) is 2.67. The van der Waals surface area contributed by atoms with Crippen LogP contribution < -0.4 is 5.32 Å². The first-order valence-corrected chi connectivity index (χ1v) is 6.94. The molecule has 0 spiro atoms. The molecule has 4 heteroatoms. The predicted molar refractivity (Wildman–Crippen MR) is 65.8 cm³/mol. The molecular weight excluding hydrogens is 230 g/mol. The van der Waals surface area contributed by atoms with Gasteiger partial charge in [0.15, 0.2) is 0 Å². The molecule has 0 radical (unpaired) electrons.